The molecule has 3 aromatic rings. The standard InChI is InChI=1S/C21H14N2O3S2/c24-19-17(12-15-11-10-13-6-4-5-9-16(13)22-15)28-21(27)23(19)18(20(25)26)14-7-2-1-3-8-14/h1-12,18H,(H,25,26)/b17-12+/t18-/m1/s1. The van der Waals surface area contributed by atoms with E-state index in [1.165, 1.54) is 0 Å². The van der Waals surface area contributed by atoms with Gasteiger partial charge < -0.3 is 5.11 Å². The average Bonchev–Trinajstić information content (AvgIpc) is 2.96. The molecule has 1 aliphatic rings. The van der Waals surface area contributed by atoms with Gasteiger partial charge in [-0.2, -0.15) is 0 Å². The number of hydrogen-bond acceptors (Lipinski definition) is 5. The Morgan fingerprint density at radius 1 is 1.07 bits per heavy atom. The van der Waals surface area contributed by atoms with Gasteiger partial charge >= 0.3 is 5.97 Å². The van der Waals surface area contributed by atoms with Crippen molar-refractivity contribution < 1.29 is 14.7 Å². The number of rotatable bonds is 4. The number of fused-ring (bicyclic) bond motifs is 1. The lowest BCUT2D eigenvalue weighted by atomic mass is 10.1. The summed E-state index contributed by atoms with van der Waals surface area (Å²) in [5, 5.41) is 10.7. The van der Waals surface area contributed by atoms with Crippen molar-refractivity contribution in [1.29, 1.82) is 0 Å². The Bertz CT molecular complexity index is 1130. The Hall–Kier alpha value is -3.03. The molecule has 1 N–H and O–H groups in total. The molecule has 5 nitrogen and oxygen atoms in total. The van der Waals surface area contributed by atoms with Crippen LogP contribution in [0.4, 0.5) is 0 Å². The van der Waals surface area contributed by atoms with E-state index >= 15 is 0 Å². The molecule has 2 aromatic carbocycles. The molecular formula is C21H14N2O3S2. The van der Waals surface area contributed by atoms with Gasteiger partial charge in [0.05, 0.1) is 16.1 Å². The van der Waals surface area contributed by atoms with Crippen LogP contribution in [0, 0.1) is 0 Å². The number of thioether (sulfide) groups is 1. The van der Waals surface area contributed by atoms with E-state index in [1.54, 1.807) is 36.4 Å². The molecule has 1 saturated heterocycles. The van der Waals surface area contributed by atoms with Gasteiger partial charge in [0, 0.05) is 5.39 Å². The number of benzene rings is 2. The summed E-state index contributed by atoms with van der Waals surface area (Å²) in [4.78, 5) is 30.9. The smallest absolute Gasteiger partial charge is 0.331 e. The van der Waals surface area contributed by atoms with Crippen LogP contribution in [0.1, 0.15) is 17.3 Å². The van der Waals surface area contributed by atoms with E-state index < -0.39 is 17.9 Å². The monoisotopic (exact) mass is 406 g/mol. The molecule has 1 aromatic heterocycles. The number of hydrogen-bond donors (Lipinski definition) is 1. The van der Waals surface area contributed by atoms with Crippen molar-refractivity contribution in [2.45, 2.75) is 6.04 Å². The SMILES string of the molecule is O=C(O)[C@@H](c1ccccc1)N1C(=O)/C(=C\c2ccc3ccccc3n2)SC1=S. The topological polar surface area (TPSA) is 70.5 Å². The van der Waals surface area contributed by atoms with Crippen molar-refractivity contribution in [1.82, 2.24) is 9.88 Å². The molecule has 0 unspecified atom stereocenters. The molecule has 0 spiro atoms. The van der Waals surface area contributed by atoms with Crippen LogP contribution in [0.5, 0.6) is 0 Å². The van der Waals surface area contributed by atoms with Crippen LogP contribution in [0.25, 0.3) is 17.0 Å². The van der Waals surface area contributed by atoms with Gasteiger partial charge in [0.15, 0.2) is 6.04 Å². The first-order valence-electron chi connectivity index (χ1n) is 8.45. The van der Waals surface area contributed by atoms with Gasteiger partial charge in [-0.15, -0.1) is 0 Å². The van der Waals surface area contributed by atoms with Crippen LogP contribution in [0.2, 0.25) is 0 Å². The average molecular weight is 406 g/mol. The number of aromatic nitrogens is 1. The van der Waals surface area contributed by atoms with E-state index in [-0.39, 0.29) is 4.32 Å². The molecule has 1 atom stereocenters. The maximum atomic E-state index is 13.0. The fourth-order valence-corrected chi connectivity index (χ4v) is 4.33. The van der Waals surface area contributed by atoms with Crippen LogP contribution in [0.15, 0.2) is 71.6 Å². The zero-order valence-corrected chi connectivity index (χ0v) is 16.1. The number of carbonyl (C=O) groups excluding carboxylic acids is 1. The highest BCUT2D eigenvalue weighted by Gasteiger charge is 2.41. The summed E-state index contributed by atoms with van der Waals surface area (Å²) in [7, 11) is 0. The van der Waals surface area contributed by atoms with Crippen LogP contribution in [-0.4, -0.2) is 31.2 Å². The van der Waals surface area contributed by atoms with Gasteiger partial charge in [-0.1, -0.05) is 78.6 Å². The Balaban J connectivity index is 1.69. The zero-order chi connectivity index (χ0) is 19.7. The van der Waals surface area contributed by atoms with Gasteiger partial charge in [-0.05, 0) is 23.8 Å². The third-order valence-corrected chi connectivity index (χ3v) is 5.66. The van der Waals surface area contributed by atoms with Gasteiger partial charge in [0.25, 0.3) is 5.91 Å². The second-order valence-corrected chi connectivity index (χ2v) is 7.81. The lowest BCUT2D eigenvalue weighted by molar-refractivity contribution is -0.145. The van der Waals surface area contributed by atoms with Crippen LogP contribution < -0.4 is 0 Å². The van der Waals surface area contributed by atoms with Crippen LogP contribution in [0.3, 0.4) is 0 Å². The predicted octanol–water partition coefficient (Wildman–Crippen LogP) is 4.26. The highest BCUT2D eigenvalue weighted by atomic mass is 32.2. The van der Waals surface area contributed by atoms with Crippen molar-refractivity contribution >= 4 is 57.2 Å². The molecule has 2 heterocycles. The number of thiocarbonyl (C=S) groups is 1. The Labute approximate surface area is 170 Å². The van der Waals surface area contributed by atoms with E-state index in [0.29, 0.717) is 16.2 Å². The summed E-state index contributed by atoms with van der Waals surface area (Å²) in [5.41, 5.74) is 1.93. The fourth-order valence-electron chi connectivity index (χ4n) is 3.04. The number of carbonyl (C=O) groups is 2. The summed E-state index contributed by atoms with van der Waals surface area (Å²) in [6.07, 6.45) is 1.65. The minimum absolute atomic E-state index is 0.216. The quantitative estimate of drug-likeness (QED) is 0.516. The normalized spacial score (nSPS) is 16.7. The molecule has 1 aliphatic heterocycles. The minimum atomic E-state index is -1.16. The molecule has 4 rings (SSSR count). The maximum absolute atomic E-state index is 13.0. The lowest BCUT2D eigenvalue weighted by Crippen LogP contribution is -2.37. The van der Waals surface area contributed by atoms with E-state index in [0.717, 1.165) is 27.6 Å². The molecule has 0 radical (unpaired) electrons. The summed E-state index contributed by atoms with van der Waals surface area (Å²) < 4.78 is 0.216. The second kappa shape index (κ2) is 7.53. The van der Waals surface area contributed by atoms with E-state index in [2.05, 4.69) is 4.98 Å². The Morgan fingerprint density at radius 3 is 2.54 bits per heavy atom. The zero-order valence-electron chi connectivity index (χ0n) is 14.5. The summed E-state index contributed by atoms with van der Waals surface area (Å²) in [6, 6.07) is 18.9. The van der Waals surface area contributed by atoms with Crippen molar-refractivity contribution in [3.8, 4) is 0 Å². The first-order chi connectivity index (χ1) is 13.5. The van der Waals surface area contributed by atoms with E-state index in [1.807, 2.05) is 36.4 Å². The van der Waals surface area contributed by atoms with E-state index in [9.17, 15) is 14.7 Å². The maximum Gasteiger partial charge on any atom is 0.331 e. The molecular weight excluding hydrogens is 392 g/mol. The number of amides is 1. The first kappa shape index (κ1) is 18.3. The molecule has 7 heteroatoms. The number of aliphatic carboxylic acids is 1. The van der Waals surface area contributed by atoms with Gasteiger partial charge in [0.1, 0.15) is 4.32 Å². The summed E-state index contributed by atoms with van der Waals surface area (Å²) >= 11 is 6.41. The van der Waals surface area contributed by atoms with Crippen LogP contribution in [-0.2, 0) is 9.59 Å². The Morgan fingerprint density at radius 2 is 1.79 bits per heavy atom. The summed E-state index contributed by atoms with van der Waals surface area (Å²) in [5.74, 6) is -1.56. The van der Waals surface area contributed by atoms with Crippen molar-refractivity contribution in [2.75, 3.05) is 0 Å². The fraction of sp³-hybridized carbons (Fsp3) is 0.0476. The van der Waals surface area contributed by atoms with Crippen molar-refractivity contribution in [2.24, 2.45) is 0 Å². The molecule has 28 heavy (non-hydrogen) atoms. The molecule has 1 amide bonds. The van der Waals surface area contributed by atoms with Crippen LogP contribution >= 0.6 is 24.0 Å². The molecule has 0 saturated carbocycles. The predicted molar refractivity (Wildman–Crippen MR) is 114 cm³/mol. The minimum Gasteiger partial charge on any atom is -0.479 e. The summed E-state index contributed by atoms with van der Waals surface area (Å²) in [6.45, 7) is 0. The van der Waals surface area contributed by atoms with Gasteiger partial charge in [-0.25, -0.2) is 9.78 Å². The molecule has 0 bridgehead atoms. The highest BCUT2D eigenvalue weighted by molar-refractivity contribution is 8.26. The van der Waals surface area contributed by atoms with Gasteiger partial charge in [0.2, 0.25) is 0 Å². The molecule has 138 valence electrons. The first-order valence-corrected chi connectivity index (χ1v) is 9.68. The van der Waals surface area contributed by atoms with Gasteiger partial charge in [-0.3, -0.25) is 9.69 Å². The molecule has 0 aliphatic carbocycles. The van der Waals surface area contributed by atoms with Crippen molar-refractivity contribution in [3.05, 3.63) is 82.9 Å². The number of pyridine rings is 1. The number of carboxylic acids is 1. The van der Waals surface area contributed by atoms with Crippen molar-refractivity contribution in [3.63, 3.8) is 0 Å². The Kier molecular flexibility index (Phi) is 4.93. The number of para-hydroxylation sites is 1. The number of carboxylic acid groups (broad SMARTS) is 1. The largest absolute Gasteiger partial charge is 0.479 e. The van der Waals surface area contributed by atoms with E-state index in [4.69, 9.17) is 12.2 Å². The second-order valence-electron chi connectivity index (χ2n) is 6.13. The highest BCUT2D eigenvalue weighted by Crippen LogP contribution is 2.38. The number of nitrogens with zero attached hydrogens (tertiary/aromatic N) is 2. The third kappa shape index (κ3) is 3.42. The lowest BCUT2D eigenvalue weighted by Gasteiger charge is -2.23. The molecule has 1 fully saturated rings. The third-order valence-electron chi connectivity index (χ3n) is 4.33.